The van der Waals surface area contributed by atoms with Crippen molar-refractivity contribution in [1.82, 2.24) is 5.32 Å². The highest BCUT2D eigenvalue weighted by Gasteiger charge is 2.28. The van der Waals surface area contributed by atoms with Gasteiger partial charge < -0.3 is 19.5 Å². The summed E-state index contributed by atoms with van der Waals surface area (Å²) in [5, 5.41) is 2.74. The minimum atomic E-state index is -0.777. The maximum atomic E-state index is 11.2. The summed E-state index contributed by atoms with van der Waals surface area (Å²) in [5.74, 6) is -1.44. The Hall–Kier alpha value is -1.72. The van der Waals surface area contributed by atoms with Crippen molar-refractivity contribution in [3.05, 3.63) is 11.5 Å². The normalized spacial score (nSPS) is 14.0. The van der Waals surface area contributed by atoms with Gasteiger partial charge in [0.05, 0.1) is 20.8 Å². The molecule has 0 spiro atoms. The molecule has 14 heavy (non-hydrogen) atoms. The number of hydrogen-bond acceptors (Lipinski definition) is 6. The van der Waals surface area contributed by atoms with E-state index in [9.17, 15) is 9.59 Å². The van der Waals surface area contributed by atoms with Gasteiger partial charge in [-0.1, -0.05) is 0 Å². The molecule has 1 heterocycles. The first-order valence-corrected chi connectivity index (χ1v) is 3.98. The number of esters is 2. The second-order valence-electron chi connectivity index (χ2n) is 2.46. The maximum absolute atomic E-state index is 11.2. The van der Waals surface area contributed by atoms with Gasteiger partial charge in [-0.25, -0.2) is 9.59 Å². The molecule has 1 aliphatic heterocycles. The van der Waals surface area contributed by atoms with Gasteiger partial charge in [0.1, 0.15) is 6.61 Å². The molecule has 0 aromatic rings. The molecule has 0 radical (unpaired) electrons. The third kappa shape index (κ3) is 1.95. The van der Waals surface area contributed by atoms with Crippen LogP contribution < -0.4 is 5.32 Å². The Kier molecular flexibility index (Phi) is 3.33. The third-order valence-electron chi connectivity index (χ3n) is 1.64. The van der Waals surface area contributed by atoms with E-state index in [1.165, 1.54) is 14.2 Å². The molecule has 0 saturated carbocycles. The first kappa shape index (κ1) is 10.4. The topological polar surface area (TPSA) is 73.9 Å². The number of ether oxygens (including phenoxy) is 3. The highest BCUT2D eigenvalue weighted by atomic mass is 16.5. The molecule has 1 fully saturated rings. The number of carbonyl (C=O) groups is 2. The summed E-state index contributed by atoms with van der Waals surface area (Å²) in [6, 6.07) is 0. The van der Waals surface area contributed by atoms with Crippen molar-refractivity contribution >= 4 is 11.9 Å². The average molecular weight is 201 g/mol. The van der Waals surface area contributed by atoms with Crippen LogP contribution in [-0.4, -0.2) is 39.3 Å². The van der Waals surface area contributed by atoms with Crippen molar-refractivity contribution in [1.29, 1.82) is 0 Å². The van der Waals surface area contributed by atoms with Crippen molar-refractivity contribution in [2.24, 2.45) is 0 Å². The Bertz CT molecular complexity index is 257. The number of rotatable bonds is 2. The second kappa shape index (κ2) is 4.50. The number of carbonyl (C=O) groups excluding carboxylic acids is 2. The van der Waals surface area contributed by atoms with E-state index in [2.05, 4.69) is 14.8 Å². The lowest BCUT2D eigenvalue weighted by atomic mass is 10.3. The fraction of sp³-hybridized carbons (Fsp3) is 0.500. The predicted octanol–water partition coefficient (Wildman–Crippen LogP) is -0.836. The van der Waals surface area contributed by atoms with Gasteiger partial charge in [-0.15, -0.1) is 0 Å². The van der Waals surface area contributed by atoms with Crippen LogP contribution in [0.3, 0.4) is 0 Å². The van der Waals surface area contributed by atoms with Crippen LogP contribution in [-0.2, 0) is 23.8 Å². The molecule has 0 aromatic heterocycles. The summed E-state index contributed by atoms with van der Waals surface area (Å²) in [6.07, 6.45) is 0. The molecule has 0 aliphatic carbocycles. The molecule has 78 valence electrons. The number of hydrogen-bond donors (Lipinski definition) is 1. The van der Waals surface area contributed by atoms with Crippen molar-refractivity contribution in [3.63, 3.8) is 0 Å². The summed E-state index contributed by atoms with van der Waals surface area (Å²) < 4.78 is 13.9. The van der Waals surface area contributed by atoms with Crippen LogP contribution in [0, 0.1) is 0 Å². The first-order valence-electron chi connectivity index (χ1n) is 3.98. The van der Waals surface area contributed by atoms with E-state index in [0.29, 0.717) is 13.2 Å². The number of methoxy groups -OCH3 is 2. The molecule has 6 heteroatoms. The lowest BCUT2D eigenvalue weighted by molar-refractivity contribution is -0.144. The van der Waals surface area contributed by atoms with Crippen LogP contribution in [0.2, 0.25) is 0 Å². The van der Waals surface area contributed by atoms with Crippen molar-refractivity contribution in [2.75, 3.05) is 27.4 Å². The van der Waals surface area contributed by atoms with E-state index in [1.807, 2.05) is 0 Å². The maximum Gasteiger partial charge on any atom is 0.350 e. The Balaban J connectivity index is 2.97. The Labute approximate surface area is 80.8 Å². The van der Waals surface area contributed by atoms with Crippen molar-refractivity contribution in [2.45, 2.75) is 0 Å². The van der Waals surface area contributed by atoms with E-state index in [4.69, 9.17) is 4.74 Å². The van der Waals surface area contributed by atoms with Crippen LogP contribution >= 0.6 is 0 Å². The second-order valence-corrected chi connectivity index (χ2v) is 2.46. The Morgan fingerprint density at radius 3 is 2.21 bits per heavy atom. The van der Waals surface area contributed by atoms with E-state index < -0.39 is 11.9 Å². The van der Waals surface area contributed by atoms with Crippen molar-refractivity contribution in [3.8, 4) is 0 Å². The molecule has 1 N–H and O–H groups in total. The zero-order chi connectivity index (χ0) is 10.6. The van der Waals surface area contributed by atoms with Gasteiger partial charge in [-0.05, 0) is 0 Å². The van der Waals surface area contributed by atoms with E-state index in [1.54, 1.807) is 0 Å². The minimum absolute atomic E-state index is 0.115. The quantitative estimate of drug-likeness (QED) is 0.272. The van der Waals surface area contributed by atoms with E-state index in [0.717, 1.165) is 0 Å². The molecule has 0 amide bonds. The van der Waals surface area contributed by atoms with Gasteiger partial charge in [-0.3, -0.25) is 0 Å². The van der Waals surface area contributed by atoms with Gasteiger partial charge in [0.25, 0.3) is 0 Å². The molecular weight excluding hydrogens is 190 g/mol. The molecule has 1 rings (SSSR count). The van der Waals surface area contributed by atoms with Crippen LogP contribution in [0.1, 0.15) is 0 Å². The van der Waals surface area contributed by atoms with Crippen LogP contribution in [0.25, 0.3) is 0 Å². The van der Waals surface area contributed by atoms with Gasteiger partial charge >= 0.3 is 11.9 Å². The monoisotopic (exact) mass is 201 g/mol. The predicted molar refractivity (Wildman–Crippen MR) is 45.0 cm³/mol. The summed E-state index contributed by atoms with van der Waals surface area (Å²) in [7, 11) is 2.36. The lowest BCUT2D eigenvalue weighted by Gasteiger charge is -2.06. The lowest BCUT2D eigenvalue weighted by Crippen LogP contribution is -2.22. The largest absolute Gasteiger partial charge is 0.477 e. The standard InChI is InChI=1S/C8H11NO5/c1-12-7(10)5(8(11)13-2)6-9-3-4-14-6/h9H,3-4H2,1-2H3. The van der Waals surface area contributed by atoms with Gasteiger partial charge in [0.2, 0.25) is 11.5 Å². The first-order chi connectivity index (χ1) is 6.70. The van der Waals surface area contributed by atoms with Gasteiger partial charge in [-0.2, -0.15) is 0 Å². The minimum Gasteiger partial charge on any atom is -0.477 e. The third-order valence-corrected chi connectivity index (χ3v) is 1.64. The Morgan fingerprint density at radius 2 is 1.86 bits per heavy atom. The molecule has 1 saturated heterocycles. The zero-order valence-corrected chi connectivity index (χ0v) is 7.96. The zero-order valence-electron chi connectivity index (χ0n) is 7.96. The molecule has 0 bridgehead atoms. The van der Waals surface area contributed by atoms with Crippen LogP contribution in [0.4, 0.5) is 0 Å². The fourth-order valence-corrected chi connectivity index (χ4v) is 1.00. The molecular formula is C8H11NO5. The van der Waals surface area contributed by atoms with Gasteiger partial charge in [0.15, 0.2) is 0 Å². The molecule has 0 aromatic carbocycles. The number of nitrogens with one attached hydrogen (secondary N) is 1. The summed E-state index contributed by atoms with van der Waals surface area (Å²) in [5.41, 5.74) is -0.243. The molecule has 6 nitrogen and oxygen atoms in total. The average Bonchev–Trinajstić information content (AvgIpc) is 2.70. The summed E-state index contributed by atoms with van der Waals surface area (Å²) >= 11 is 0. The van der Waals surface area contributed by atoms with E-state index >= 15 is 0 Å². The molecule has 0 atom stereocenters. The fourth-order valence-electron chi connectivity index (χ4n) is 1.00. The van der Waals surface area contributed by atoms with Crippen LogP contribution in [0.5, 0.6) is 0 Å². The molecule has 0 unspecified atom stereocenters. The summed E-state index contributed by atoms with van der Waals surface area (Å²) in [4.78, 5) is 22.4. The van der Waals surface area contributed by atoms with Crippen LogP contribution in [0.15, 0.2) is 11.5 Å². The van der Waals surface area contributed by atoms with Crippen molar-refractivity contribution < 1.29 is 23.8 Å². The smallest absolute Gasteiger partial charge is 0.350 e. The van der Waals surface area contributed by atoms with E-state index in [-0.39, 0.29) is 11.5 Å². The van der Waals surface area contributed by atoms with Gasteiger partial charge in [0, 0.05) is 0 Å². The molecule has 1 aliphatic rings. The summed E-state index contributed by atoms with van der Waals surface area (Å²) in [6.45, 7) is 0.958. The Morgan fingerprint density at radius 1 is 1.29 bits per heavy atom. The highest BCUT2D eigenvalue weighted by Crippen LogP contribution is 2.10. The highest BCUT2D eigenvalue weighted by molar-refractivity contribution is 6.14. The SMILES string of the molecule is COC(=O)C(C(=O)OC)=C1NCCO1.